The number of benzene rings is 1. The van der Waals surface area contributed by atoms with Crippen molar-refractivity contribution in [1.82, 2.24) is 9.55 Å². The quantitative estimate of drug-likeness (QED) is 0.341. The van der Waals surface area contributed by atoms with Crippen molar-refractivity contribution < 1.29 is 28.8 Å². The lowest BCUT2D eigenvalue weighted by atomic mass is 10.1. The lowest BCUT2D eigenvalue weighted by molar-refractivity contribution is -0.124. The van der Waals surface area contributed by atoms with Crippen LogP contribution in [0, 0.1) is 0 Å². The number of ether oxygens (including phenoxy) is 3. The minimum Gasteiger partial charge on any atom is -0.497 e. The molecule has 1 unspecified atom stereocenters. The van der Waals surface area contributed by atoms with E-state index in [2.05, 4.69) is 20.3 Å². The molecule has 2 heterocycles. The molecule has 0 bridgehead atoms. The SMILES string of the molecule is COc1ccc(Nc2ccn([C@@H]3O[C@@](CO)(N=[N+]=[N-])C(O)[C@@H]3F)c(=O)n2)c(OC)c1. The smallest absolute Gasteiger partial charge is 0.351 e. The van der Waals surface area contributed by atoms with Crippen LogP contribution in [0.2, 0.25) is 0 Å². The van der Waals surface area contributed by atoms with Crippen LogP contribution in [0.15, 0.2) is 40.4 Å². The van der Waals surface area contributed by atoms with Crippen molar-refractivity contribution >= 4 is 11.5 Å². The van der Waals surface area contributed by atoms with Gasteiger partial charge >= 0.3 is 5.69 Å². The molecule has 3 N–H and O–H groups in total. The van der Waals surface area contributed by atoms with Crippen LogP contribution < -0.4 is 20.5 Å². The maximum Gasteiger partial charge on any atom is 0.351 e. The fraction of sp³-hybridized carbons (Fsp3) is 0.412. The van der Waals surface area contributed by atoms with E-state index in [0.29, 0.717) is 17.2 Å². The van der Waals surface area contributed by atoms with Crippen molar-refractivity contribution in [2.24, 2.45) is 5.11 Å². The van der Waals surface area contributed by atoms with E-state index in [1.165, 1.54) is 26.5 Å². The van der Waals surface area contributed by atoms with Gasteiger partial charge in [-0.15, -0.1) is 0 Å². The topological polar surface area (TPSA) is 164 Å². The van der Waals surface area contributed by atoms with Crippen molar-refractivity contribution in [3.8, 4) is 11.5 Å². The zero-order chi connectivity index (χ0) is 21.9. The maximum atomic E-state index is 14.6. The zero-order valence-corrected chi connectivity index (χ0v) is 16.0. The van der Waals surface area contributed by atoms with Crippen molar-refractivity contribution in [2.45, 2.75) is 24.2 Å². The summed E-state index contributed by atoms with van der Waals surface area (Å²) in [4.78, 5) is 18.7. The van der Waals surface area contributed by atoms with Crippen LogP contribution in [0.3, 0.4) is 0 Å². The number of halogens is 1. The molecular weight excluding hydrogens is 403 g/mol. The summed E-state index contributed by atoms with van der Waals surface area (Å²) in [6.45, 7) is -0.978. The monoisotopic (exact) mass is 422 g/mol. The molecule has 1 aromatic heterocycles. The molecule has 0 spiro atoms. The second-order valence-corrected chi connectivity index (χ2v) is 6.28. The van der Waals surface area contributed by atoms with Crippen LogP contribution in [0.5, 0.6) is 11.5 Å². The van der Waals surface area contributed by atoms with Gasteiger partial charge < -0.3 is 29.7 Å². The molecule has 0 radical (unpaired) electrons. The number of azide groups is 1. The lowest BCUT2D eigenvalue weighted by Crippen LogP contribution is -2.43. The second kappa shape index (κ2) is 8.55. The van der Waals surface area contributed by atoms with Gasteiger partial charge in [-0.1, -0.05) is 5.11 Å². The molecule has 13 heteroatoms. The van der Waals surface area contributed by atoms with Crippen LogP contribution >= 0.6 is 0 Å². The number of hydrogen-bond acceptors (Lipinski definition) is 9. The molecular formula is C17H19FN6O6. The minimum absolute atomic E-state index is 0.136. The van der Waals surface area contributed by atoms with Gasteiger partial charge in [0.05, 0.1) is 26.5 Å². The van der Waals surface area contributed by atoms with E-state index < -0.39 is 36.5 Å². The van der Waals surface area contributed by atoms with Gasteiger partial charge in [-0.2, -0.15) is 4.98 Å². The van der Waals surface area contributed by atoms with E-state index in [9.17, 15) is 19.4 Å². The molecule has 1 aliphatic rings. The van der Waals surface area contributed by atoms with Gasteiger partial charge in [-0.25, -0.2) is 9.18 Å². The molecule has 1 aliphatic heterocycles. The molecule has 3 rings (SSSR count). The average molecular weight is 422 g/mol. The van der Waals surface area contributed by atoms with Gasteiger partial charge in [0.15, 0.2) is 12.4 Å². The largest absolute Gasteiger partial charge is 0.497 e. The Balaban J connectivity index is 1.88. The Kier molecular flexibility index (Phi) is 6.08. The first-order chi connectivity index (χ1) is 14.4. The number of aliphatic hydroxyl groups is 2. The maximum absolute atomic E-state index is 14.6. The first-order valence-corrected chi connectivity index (χ1v) is 8.64. The molecule has 0 amide bonds. The van der Waals surface area contributed by atoms with Gasteiger partial charge in [0.25, 0.3) is 0 Å². The standard InChI is InChI=1S/C17H19FN6O6/c1-28-9-3-4-10(11(7-9)29-2)20-12-5-6-24(16(27)21-12)15-13(18)14(26)17(8-25,30-15)22-23-19/h3-7,13-15,25-26H,8H2,1-2H3,(H,20,21,27)/t13-,14?,15+,17+/m0/s1. The summed E-state index contributed by atoms with van der Waals surface area (Å²) in [7, 11) is 2.98. The third-order valence-electron chi connectivity index (χ3n) is 4.58. The summed E-state index contributed by atoms with van der Waals surface area (Å²) in [5, 5.41) is 25.5. The third kappa shape index (κ3) is 3.74. The van der Waals surface area contributed by atoms with Crippen molar-refractivity contribution in [3.05, 3.63) is 51.4 Å². The molecule has 0 saturated carbocycles. The second-order valence-electron chi connectivity index (χ2n) is 6.28. The molecule has 30 heavy (non-hydrogen) atoms. The van der Waals surface area contributed by atoms with Crippen LogP contribution in [0.1, 0.15) is 6.23 Å². The van der Waals surface area contributed by atoms with Crippen LogP contribution in [0.25, 0.3) is 10.4 Å². The number of rotatable bonds is 7. The number of nitrogens with one attached hydrogen (secondary N) is 1. The van der Waals surface area contributed by atoms with Gasteiger partial charge in [0, 0.05) is 17.2 Å². The Hall–Kier alpha value is -3.38. The summed E-state index contributed by atoms with van der Waals surface area (Å²) in [5.41, 5.74) is 5.97. The van der Waals surface area contributed by atoms with E-state index >= 15 is 0 Å². The lowest BCUT2D eigenvalue weighted by Gasteiger charge is -2.23. The first-order valence-electron chi connectivity index (χ1n) is 8.64. The summed E-state index contributed by atoms with van der Waals surface area (Å²) < 4.78 is 31.0. The van der Waals surface area contributed by atoms with Crippen molar-refractivity contribution in [2.75, 3.05) is 26.1 Å². The number of nitrogens with zero attached hydrogens (tertiary/aromatic N) is 5. The molecule has 1 saturated heterocycles. The van der Waals surface area contributed by atoms with Crippen molar-refractivity contribution in [1.29, 1.82) is 0 Å². The highest BCUT2D eigenvalue weighted by molar-refractivity contribution is 5.65. The molecule has 2 aromatic rings. The Morgan fingerprint density at radius 2 is 2.20 bits per heavy atom. The van der Waals surface area contributed by atoms with Gasteiger partial charge in [0.1, 0.15) is 23.4 Å². The summed E-state index contributed by atoms with van der Waals surface area (Å²) >= 11 is 0. The normalized spacial score (nSPS) is 25.4. The Labute approximate surface area is 169 Å². The number of alkyl halides is 1. The van der Waals surface area contributed by atoms with Crippen LogP contribution in [-0.4, -0.2) is 58.6 Å². The minimum atomic E-state index is -2.24. The van der Waals surface area contributed by atoms with E-state index in [0.717, 1.165) is 4.57 Å². The molecule has 1 fully saturated rings. The van der Waals surface area contributed by atoms with E-state index in [4.69, 9.17) is 19.7 Å². The van der Waals surface area contributed by atoms with Crippen LogP contribution in [0.4, 0.5) is 15.9 Å². The number of hydrogen-bond donors (Lipinski definition) is 3. The Bertz CT molecular complexity index is 1030. The number of anilines is 2. The summed E-state index contributed by atoms with van der Waals surface area (Å²) in [6.07, 6.45) is -4.58. The van der Waals surface area contributed by atoms with Gasteiger partial charge in [-0.3, -0.25) is 4.57 Å². The highest BCUT2D eigenvalue weighted by Gasteiger charge is 2.56. The van der Waals surface area contributed by atoms with Gasteiger partial charge in [-0.05, 0) is 23.7 Å². The molecule has 12 nitrogen and oxygen atoms in total. The predicted octanol–water partition coefficient (Wildman–Crippen LogP) is 1.23. The molecule has 4 atom stereocenters. The number of aliphatic hydroxyl groups excluding tert-OH is 2. The summed E-state index contributed by atoms with van der Waals surface area (Å²) in [5.74, 6) is 1.14. The van der Waals surface area contributed by atoms with Gasteiger partial charge in [0.2, 0.25) is 5.72 Å². The highest BCUT2D eigenvalue weighted by atomic mass is 19.1. The predicted molar refractivity (Wildman–Crippen MR) is 101 cm³/mol. The molecule has 0 aliphatic carbocycles. The highest BCUT2D eigenvalue weighted by Crippen LogP contribution is 2.39. The van der Waals surface area contributed by atoms with E-state index in [-0.39, 0.29) is 5.82 Å². The zero-order valence-electron chi connectivity index (χ0n) is 16.0. The molecule has 160 valence electrons. The van der Waals surface area contributed by atoms with E-state index in [1.807, 2.05) is 0 Å². The number of methoxy groups -OCH3 is 2. The number of aromatic nitrogens is 2. The fourth-order valence-corrected chi connectivity index (χ4v) is 3.00. The summed E-state index contributed by atoms with van der Waals surface area (Å²) in [6, 6.07) is 6.35. The van der Waals surface area contributed by atoms with Crippen molar-refractivity contribution in [3.63, 3.8) is 0 Å². The first kappa shape index (κ1) is 21.3. The third-order valence-corrected chi connectivity index (χ3v) is 4.58. The Morgan fingerprint density at radius 3 is 2.80 bits per heavy atom. The molecule has 1 aromatic carbocycles. The fourth-order valence-electron chi connectivity index (χ4n) is 3.00. The van der Waals surface area contributed by atoms with Crippen LogP contribution in [-0.2, 0) is 4.74 Å². The average Bonchev–Trinajstić information content (AvgIpc) is 3.00. The Morgan fingerprint density at radius 1 is 1.43 bits per heavy atom. The van der Waals surface area contributed by atoms with E-state index in [1.54, 1.807) is 18.2 Å².